The quantitative estimate of drug-likeness (QED) is 0.719. The molecule has 2 N–H and O–H groups in total. The summed E-state index contributed by atoms with van der Waals surface area (Å²) in [6.07, 6.45) is 5.30. The van der Waals surface area contributed by atoms with E-state index in [1.165, 1.54) is 0 Å². The first-order chi connectivity index (χ1) is 8.43. The van der Waals surface area contributed by atoms with Crippen LogP contribution in [0.3, 0.4) is 0 Å². The number of hydrogen-bond donors (Lipinski definition) is 2. The Labute approximate surface area is 98.7 Å². The van der Waals surface area contributed by atoms with Crippen LogP contribution >= 0.6 is 0 Å². The molecule has 2 aromatic heterocycles. The molecule has 0 fully saturated rings. The zero-order valence-corrected chi connectivity index (χ0v) is 9.22. The van der Waals surface area contributed by atoms with Crippen LogP contribution in [-0.2, 0) is 6.54 Å². The van der Waals surface area contributed by atoms with Crippen LogP contribution in [0.2, 0.25) is 0 Å². The number of para-hydroxylation sites is 1. The van der Waals surface area contributed by atoms with Crippen molar-refractivity contribution < 1.29 is 0 Å². The maximum Gasteiger partial charge on any atom is 0.0933 e. The van der Waals surface area contributed by atoms with E-state index in [1.54, 1.807) is 6.33 Å². The van der Waals surface area contributed by atoms with Crippen LogP contribution in [0.15, 0.2) is 49.1 Å². The van der Waals surface area contributed by atoms with Gasteiger partial charge in [-0.05, 0) is 12.1 Å². The van der Waals surface area contributed by atoms with E-state index < -0.39 is 0 Å². The topological polar surface area (TPSA) is 53.6 Å². The summed E-state index contributed by atoms with van der Waals surface area (Å²) in [5.41, 5.74) is 3.09. The van der Waals surface area contributed by atoms with Crippen molar-refractivity contribution in [2.24, 2.45) is 0 Å². The number of imidazole rings is 1. The summed E-state index contributed by atoms with van der Waals surface area (Å²) in [6.45, 7) is 0.718. The van der Waals surface area contributed by atoms with E-state index in [0.29, 0.717) is 0 Å². The molecule has 0 bridgehead atoms. The largest absolute Gasteiger partial charge is 0.378 e. The second-order valence-electron chi connectivity index (χ2n) is 3.81. The number of fused-ring (bicyclic) bond motifs is 1. The van der Waals surface area contributed by atoms with Crippen LogP contribution in [0.1, 0.15) is 5.69 Å². The summed E-state index contributed by atoms with van der Waals surface area (Å²) >= 11 is 0. The van der Waals surface area contributed by atoms with Crippen molar-refractivity contribution in [3.05, 3.63) is 54.7 Å². The van der Waals surface area contributed by atoms with Gasteiger partial charge in [0.05, 0.1) is 29.8 Å². The fourth-order valence-electron chi connectivity index (χ4n) is 1.82. The summed E-state index contributed by atoms with van der Waals surface area (Å²) in [5.74, 6) is 0. The van der Waals surface area contributed by atoms with Gasteiger partial charge in [0.1, 0.15) is 0 Å². The number of anilines is 1. The lowest BCUT2D eigenvalue weighted by atomic mass is 10.2. The van der Waals surface area contributed by atoms with E-state index in [-0.39, 0.29) is 0 Å². The highest BCUT2D eigenvalue weighted by Crippen LogP contribution is 2.20. The van der Waals surface area contributed by atoms with E-state index >= 15 is 0 Å². The number of pyridine rings is 1. The van der Waals surface area contributed by atoms with Crippen molar-refractivity contribution in [3.63, 3.8) is 0 Å². The summed E-state index contributed by atoms with van der Waals surface area (Å²) in [5, 5.41) is 4.50. The first-order valence-electron chi connectivity index (χ1n) is 5.48. The standard InChI is InChI=1S/C13H12N4/c1-3-10-4-2-6-15-13(10)12(5-1)16-8-11-7-14-9-17-11/h1-7,9,16H,8H2,(H,14,17). The third kappa shape index (κ3) is 1.97. The van der Waals surface area contributed by atoms with Gasteiger partial charge in [-0.1, -0.05) is 18.2 Å². The van der Waals surface area contributed by atoms with E-state index in [0.717, 1.165) is 28.8 Å². The van der Waals surface area contributed by atoms with Crippen molar-refractivity contribution in [2.45, 2.75) is 6.54 Å². The summed E-state index contributed by atoms with van der Waals surface area (Å²) < 4.78 is 0. The molecule has 0 aliphatic rings. The normalized spacial score (nSPS) is 10.6. The molecule has 84 valence electrons. The van der Waals surface area contributed by atoms with Gasteiger partial charge in [-0.3, -0.25) is 4.98 Å². The lowest BCUT2D eigenvalue weighted by Gasteiger charge is -2.07. The fraction of sp³-hybridized carbons (Fsp3) is 0.0769. The minimum Gasteiger partial charge on any atom is -0.378 e. The average molecular weight is 224 g/mol. The highest BCUT2D eigenvalue weighted by molar-refractivity contribution is 5.90. The molecule has 4 heteroatoms. The molecule has 0 unspecified atom stereocenters. The van der Waals surface area contributed by atoms with Crippen LogP contribution in [0.25, 0.3) is 10.9 Å². The predicted octanol–water partition coefficient (Wildman–Crippen LogP) is 2.57. The van der Waals surface area contributed by atoms with E-state index in [2.05, 4.69) is 32.4 Å². The Balaban J connectivity index is 1.90. The molecule has 0 spiro atoms. The van der Waals surface area contributed by atoms with Crippen molar-refractivity contribution in [2.75, 3.05) is 5.32 Å². The van der Waals surface area contributed by atoms with Crippen LogP contribution < -0.4 is 5.32 Å². The highest BCUT2D eigenvalue weighted by atomic mass is 14.9. The van der Waals surface area contributed by atoms with Crippen LogP contribution in [0.5, 0.6) is 0 Å². The number of aromatic nitrogens is 3. The molecule has 17 heavy (non-hydrogen) atoms. The number of aromatic amines is 1. The zero-order valence-electron chi connectivity index (χ0n) is 9.22. The van der Waals surface area contributed by atoms with Crippen LogP contribution in [0.4, 0.5) is 5.69 Å². The Kier molecular flexibility index (Phi) is 2.46. The van der Waals surface area contributed by atoms with Crippen molar-refractivity contribution >= 4 is 16.6 Å². The molecule has 0 aliphatic heterocycles. The highest BCUT2D eigenvalue weighted by Gasteiger charge is 2.01. The van der Waals surface area contributed by atoms with Gasteiger partial charge in [0.2, 0.25) is 0 Å². The van der Waals surface area contributed by atoms with Crippen LogP contribution in [-0.4, -0.2) is 15.0 Å². The first-order valence-corrected chi connectivity index (χ1v) is 5.48. The minimum atomic E-state index is 0.718. The van der Waals surface area contributed by atoms with Gasteiger partial charge in [-0.15, -0.1) is 0 Å². The van der Waals surface area contributed by atoms with Crippen LogP contribution in [0, 0.1) is 0 Å². The number of benzene rings is 1. The molecule has 0 atom stereocenters. The van der Waals surface area contributed by atoms with E-state index in [9.17, 15) is 0 Å². The molecule has 3 aromatic rings. The molecule has 0 saturated heterocycles. The second kappa shape index (κ2) is 4.25. The summed E-state index contributed by atoms with van der Waals surface area (Å²) in [4.78, 5) is 11.4. The number of rotatable bonds is 3. The molecule has 1 aromatic carbocycles. The van der Waals surface area contributed by atoms with Gasteiger partial charge in [0.15, 0.2) is 0 Å². The average Bonchev–Trinajstić information content (AvgIpc) is 2.89. The number of hydrogen-bond acceptors (Lipinski definition) is 3. The summed E-state index contributed by atoms with van der Waals surface area (Å²) in [6, 6.07) is 10.1. The van der Waals surface area contributed by atoms with Crippen molar-refractivity contribution in [1.29, 1.82) is 0 Å². The van der Waals surface area contributed by atoms with E-state index in [1.807, 2.05) is 30.6 Å². The first kappa shape index (κ1) is 9.84. The Morgan fingerprint density at radius 1 is 1.18 bits per heavy atom. The number of H-pyrrole nitrogens is 1. The minimum absolute atomic E-state index is 0.718. The van der Waals surface area contributed by atoms with Crippen molar-refractivity contribution in [3.8, 4) is 0 Å². The Morgan fingerprint density at radius 3 is 3.00 bits per heavy atom. The third-order valence-corrected chi connectivity index (χ3v) is 2.66. The monoisotopic (exact) mass is 224 g/mol. The van der Waals surface area contributed by atoms with Gasteiger partial charge in [-0.2, -0.15) is 0 Å². The summed E-state index contributed by atoms with van der Waals surface area (Å²) in [7, 11) is 0. The lowest BCUT2D eigenvalue weighted by Crippen LogP contribution is -2.00. The number of nitrogens with zero attached hydrogens (tertiary/aromatic N) is 2. The third-order valence-electron chi connectivity index (χ3n) is 2.66. The molecular weight excluding hydrogens is 212 g/mol. The zero-order chi connectivity index (χ0) is 11.5. The maximum absolute atomic E-state index is 4.39. The molecule has 2 heterocycles. The Hall–Kier alpha value is -2.36. The Bertz CT molecular complexity index is 611. The fourth-order valence-corrected chi connectivity index (χ4v) is 1.82. The number of nitrogens with one attached hydrogen (secondary N) is 2. The molecule has 0 amide bonds. The van der Waals surface area contributed by atoms with Crippen molar-refractivity contribution in [1.82, 2.24) is 15.0 Å². The maximum atomic E-state index is 4.39. The van der Waals surface area contributed by atoms with Gasteiger partial charge in [0.25, 0.3) is 0 Å². The molecule has 0 saturated carbocycles. The van der Waals surface area contributed by atoms with Gasteiger partial charge in [-0.25, -0.2) is 4.98 Å². The van der Waals surface area contributed by atoms with Gasteiger partial charge in [0, 0.05) is 17.8 Å². The smallest absolute Gasteiger partial charge is 0.0933 e. The second-order valence-corrected chi connectivity index (χ2v) is 3.81. The molecule has 0 aliphatic carbocycles. The molecule has 4 nitrogen and oxygen atoms in total. The van der Waals surface area contributed by atoms with E-state index in [4.69, 9.17) is 0 Å². The Morgan fingerprint density at radius 2 is 2.12 bits per heavy atom. The van der Waals surface area contributed by atoms with Gasteiger partial charge < -0.3 is 10.3 Å². The SMILES string of the molecule is c1cnc2c(NCc3cnc[nH]3)cccc2c1. The predicted molar refractivity (Wildman–Crippen MR) is 67.7 cm³/mol. The van der Waals surface area contributed by atoms with Gasteiger partial charge >= 0.3 is 0 Å². The lowest BCUT2D eigenvalue weighted by molar-refractivity contribution is 1.08. The molecule has 0 radical (unpaired) electrons. The molecule has 3 rings (SSSR count). The molecular formula is C13H12N4.